The van der Waals surface area contributed by atoms with E-state index in [4.69, 9.17) is 9.15 Å². The molecule has 214 valence electrons. The van der Waals surface area contributed by atoms with Crippen molar-refractivity contribution in [3.8, 4) is 11.3 Å². The summed E-state index contributed by atoms with van der Waals surface area (Å²) in [4.78, 5) is 13.0. The zero-order chi connectivity index (χ0) is 29.1. The maximum atomic E-state index is 13.6. The summed E-state index contributed by atoms with van der Waals surface area (Å²) in [6.45, 7) is 5.11. The fraction of sp³-hybridized carbons (Fsp3) is 0.281. The van der Waals surface area contributed by atoms with Crippen LogP contribution in [0.2, 0.25) is 0 Å². The van der Waals surface area contributed by atoms with E-state index < -0.39 is 15.8 Å². The van der Waals surface area contributed by atoms with Crippen LogP contribution in [-0.4, -0.2) is 40.8 Å². The van der Waals surface area contributed by atoms with E-state index in [-0.39, 0.29) is 18.4 Å². The third-order valence-corrected chi connectivity index (χ3v) is 8.29. The number of rotatable bonds is 12. The predicted molar refractivity (Wildman–Crippen MR) is 159 cm³/mol. The number of anilines is 1. The second kappa shape index (κ2) is 11.9. The lowest BCUT2D eigenvalue weighted by molar-refractivity contribution is 0.0964. The Morgan fingerprint density at radius 2 is 1.83 bits per heavy atom. The number of sulfonamides is 1. The standard InChI is InChI=1S/C32H33FN2O5S/c1-21(15-16-39-20-22-7-5-4-6-8-22)19-35(41(3,37)38)28-18-29-27(17-26(28)23-9-10-23)30(32(36)34-2)31(40-29)24-11-13-25(33)14-12-24/h4-8,11-14,17-18,23H,1,9-10,15-16,19-20H2,2-3H3,(H,34,36). The third kappa shape index (κ3) is 6.52. The number of furan rings is 1. The SMILES string of the molecule is C=C(CCOCc1ccccc1)CN(c1cc2oc(-c3ccc(F)cc3)c(C(=O)NC)c2cc1C1CC1)S(C)(=O)=O. The summed E-state index contributed by atoms with van der Waals surface area (Å²) in [7, 11) is -2.16. The average molecular weight is 577 g/mol. The lowest BCUT2D eigenvalue weighted by atomic mass is 10.00. The average Bonchev–Trinajstić information content (AvgIpc) is 3.73. The molecule has 1 saturated carbocycles. The molecule has 0 saturated heterocycles. The fourth-order valence-corrected chi connectivity index (χ4v) is 5.82. The van der Waals surface area contributed by atoms with Gasteiger partial charge >= 0.3 is 0 Å². The molecule has 1 aliphatic rings. The van der Waals surface area contributed by atoms with Crippen molar-refractivity contribution in [3.63, 3.8) is 0 Å². The van der Waals surface area contributed by atoms with Crippen molar-refractivity contribution < 1.29 is 26.8 Å². The van der Waals surface area contributed by atoms with Gasteiger partial charge in [0.1, 0.15) is 17.2 Å². The topological polar surface area (TPSA) is 88.8 Å². The van der Waals surface area contributed by atoms with Crippen LogP contribution in [-0.2, 0) is 21.4 Å². The molecule has 1 N–H and O–H groups in total. The molecular formula is C32H33FN2O5S. The van der Waals surface area contributed by atoms with Crippen LogP contribution in [0.5, 0.6) is 0 Å². The van der Waals surface area contributed by atoms with Gasteiger partial charge in [-0.1, -0.05) is 42.5 Å². The van der Waals surface area contributed by atoms with E-state index in [1.807, 2.05) is 36.4 Å². The highest BCUT2D eigenvalue weighted by Gasteiger charge is 2.33. The van der Waals surface area contributed by atoms with Crippen molar-refractivity contribution in [2.24, 2.45) is 0 Å². The zero-order valence-corrected chi connectivity index (χ0v) is 24.0. The van der Waals surface area contributed by atoms with Gasteiger partial charge in [0.05, 0.1) is 37.3 Å². The molecule has 0 atom stereocenters. The Bertz CT molecular complexity index is 1680. The minimum Gasteiger partial charge on any atom is -0.455 e. The van der Waals surface area contributed by atoms with Crippen LogP contribution >= 0.6 is 0 Å². The summed E-state index contributed by atoms with van der Waals surface area (Å²) in [6.07, 6.45) is 3.51. The Morgan fingerprint density at radius 3 is 2.46 bits per heavy atom. The zero-order valence-electron chi connectivity index (χ0n) is 23.2. The van der Waals surface area contributed by atoms with Gasteiger partial charge in [0.15, 0.2) is 0 Å². The van der Waals surface area contributed by atoms with Crippen LogP contribution in [0.3, 0.4) is 0 Å². The number of nitrogens with one attached hydrogen (secondary N) is 1. The van der Waals surface area contributed by atoms with Crippen LogP contribution in [0.15, 0.2) is 83.3 Å². The highest BCUT2D eigenvalue weighted by molar-refractivity contribution is 7.92. The third-order valence-electron chi connectivity index (χ3n) is 7.16. The normalized spacial score (nSPS) is 13.3. The summed E-state index contributed by atoms with van der Waals surface area (Å²) in [5.41, 5.74) is 4.36. The number of halogens is 1. The van der Waals surface area contributed by atoms with E-state index in [2.05, 4.69) is 11.9 Å². The van der Waals surface area contributed by atoms with Crippen LogP contribution in [0.25, 0.3) is 22.3 Å². The minimum atomic E-state index is -3.70. The largest absolute Gasteiger partial charge is 0.455 e. The summed E-state index contributed by atoms with van der Waals surface area (Å²) < 4.78 is 53.2. The van der Waals surface area contributed by atoms with E-state index >= 15 is 0 Å². The lowest BCUT2D eigenvalue weighted by Gasteiger charge is -2.26. The second-order valence-electron chi connectivity index (χ2n) is 10.4. The van der Waals surface area contributed by atoms with E-state index in [0.29, 0.717) is 58.8 Å². The first kappa shape index (κ1) is 28.6. The number of ether oxygens (including phenoxy) is 1. The molecule has 9 heteroatoms. The summed E-state index contributed by atoms with van der Waals surface area (Å²) in [6, 6.07) is 19.1. The number of benzene rings is 3. The van der Waals surface area contributed by atoms with Crippen LogP contribution < -0.4 is 9.62 Å². The molecule has 0 aliphatic heterocycles. The van der Waals surface area contributed by atoms with Crippen LogP contribution in [0, 0.1) is 5.82 Å². The van der Waals surface area contributed by atoms with Crippen LogP contribution in [0.1, 0.15) is 46.7 Å². The molecule has 0 radical (unpaired) electrons. The fourth-order valence-electron chi connectivity index (χ4n) is 4.89. The van der Waals surface area contributed by atoms with Crippen molar-refractivity contribution >= 4 is 32.6 Å². The summed E-state index contributed by atoms with van der Waals surface area (Å²) in [5.74, 6) is -0.285. The number of carbonyl (C=O) groups is 1. The van der Waals surface area contributed by atoms with Crippen molar-refractivity contribution in [3.05, 3.63) is 101 Å². The molecular weight excluding hydrogens is 543 g/mol. The van der Waals surface area contributed by atoms with Crippen molar-refractivity contribution in [2.45, 2.75) is 31.8 Å². The molecule has 0 bridgehead atoms. The maximum absolute atomic E-state index is 13.6. The van der Waals surface area contributed by atoms with Gasteiger partial charge in [-0.15, -0.1) is 0 Å². The molecule has 4 aromatic rings. The molecule has 1 amide bonds. The van der Waals surface area contributed by atoms with Crippen LogP contribution in [0.4, 0.5) is 10.1 Å². The number of carbonyl (C=O) groups excluding carboxylic acids is 1. The van der Waals surface area contributed by atoms with Crippen molar-refractivity contribution in [2.75, 3.05) is 30.8 Å². The first-order valence-electron chi connectivity index (χ1n) is 13.5. The van der Waals surface area contributed by atoms with Crippen molar-refractivity contribution in [1.82, 2.24) is 5.32 Å². The monoisotopic (exact) mass is 576 g/mol. The van der Waals surface area contributed by atoms with E-state index in [1.54, 1.807) is 18.2 Å². The summed E-state index contributed by atoms with van der Waals surface area (Å²) >= 11 is 0. The first-order valence-corrected chi connectivity index (χ1v) is 15.3. The van der Waals surface area contributed by atoms with Gasteiger partial charge in [-0.3, -0.25) is 9.10 Å². The van der Waals surface area contributed by atoms with E-state index in [0.717, 1.165) is 24.0 Å². The molecule has 41 heavy (non-hydrogen) atoms. The highest BCUT2D eigenvalue weighted by atomic mass is 32.2. The van der Waals surface area contributed by atoms with Gasteiger partial charge in [-0.2, -0.15) is 0 Å². The first-order chi connectivity index (χ1) is 19.7. The number of hydrogen-bond donors (Lipinski definition) is 1. The number of fused-ring (bicyclic) bond motifs is 1. The Hall–Kier alpha value is -3.95. The Morgan fingerprint density at radius 1 is 1.12 bits per heavy atom. The Kier molecular flexibility index (Phi) is 8.28. The summed E-state index contributed by atoms with van der Waals surface area (Å²) in [5, 5.41) is 3.24. The number of hydrogen-bond acceptors (Lipinski definition) is 5. The molecule has 1 aromatic heterocycles. The quantitative estimate of drug-likeness (QED) is 0.156. The van der Waals surface area contributed by atoms with E-state index in [1.165, 1.54) is 29.7 Å². The van der Waals surface area contributed by atoms with Gasteiger partial charge in [0.25, 0.3) is 5.91 Å². The number of nitrogens with zero attached hydrogens (tertiary/aromatic N) is 1. The molecule has 0 spiro atoms. The van der Waals surface area contributed by atoms with Gasteiger partial charge < -0.3 is 14.5 Å². The molecule has 0 unspecified atom stereocenters. The molecule has 5 rings (SSSR count). The van der Waals surface area contributed by atoms with E-state index in [9.17, 15) is 17.6 Å². The maximum Gasteiger partial charge on any atom is 0.255 e. The molecule has 3 aromatic carbocycles. The number of amides is 1. The smallest absolute Gasteiger partial charge is 0.255 e. The second-order valence-corrected chi connectivity index (χ2v) is 12.3. The highest BCUT2D eigenvalue weighted by Crippen LogP contribution is 2.48. The molecule has 1 fully saturated rings. The Labute approximate surface area is 239 Å². The van der Waals surface area contributed by atoms with Gasteiger partial charge in [0.2, 0.25) is 10.0 Å². The van der Waals surface area contributed by atoms with Crippen molar-refractivity contribution in [1.29, 1.82) is 0 Å². The molecule has 7 nitrogen and oxygen atoms in total. The van der Waals surface area contributed by atoms with Gasteiger partial charge in [-0.05, 0) is 66.6 Å². The molecule has 1 heterocycles. The predicted octanol–water partition coefficient (Wildman–Crippen LogP) is 6.41. The molecule has 1 aliphatic carbocycles. The van der Waals surface area contributed by atoms with Gasteiger partial charge in [0, 0.05) is 24.1 Å². The minimum absolute atomic E-state index is 0.0899. The van der Waals surface area contributed by atoms with Gasteiger partial charge in [-0.25, -0.2) is 12.8 Å². The Balaban J connectivity index is 1.48. The lowest BCUT2D eigenvalue weighted by Crippen LogP contribution is -2.32.